The molecule has 448 valence electrons. The molecular formula is C70H80N14O3. The van der Waals surface area contributed by atoms with E-state index in [0.717, 1.165) is 162 Å². The molecule has 3 amide bonds. The van der Waals surface area contributed by atoms with E-state index in [2.05, 4.69) is 112 Å². The summed E-state index contributed by atoms with van der Waals surface area (Å²) >= 11 is 0. The Morgan fingerprint density at radius 3 is 1.93 bits per heavy atom. The molecule has 0 spiro atoms. The van der Waals surface area contributed by atoms with Crippen molar-refractivity contribution in [3.8, 4) is 11.1 Å². The third-order valence-electron chi connectivity index (χ3n) is 19.4. The van der Waals surface area contributed by atoms with E-state index < -0.39 is 0 Å². The van der Waals surface area contributed by atoms with Gasteiger partial charge in [0.1, 0.15) is 0 Å². The van der Waals surface area contributed by atoms with E-state index in [4.69, 9.17) is 25.7 Å². The Hall–Kier alpha value is -7.77. The molecule has 3 aromatic carbocycles. The number of nitrogens with zero attached hydrogens (tertiary/aromatic N) is 11. The maximum absolute atomic E-state index is 13.8. The van der Waals surface area contributed by atoms with Gasteiger partial charge in [-0.1, -0.05) is 48.5 Å². The van der Waals surface area contributed by atoms with Gasteiger partial charge in [0.25, 0.3) is 11.8 Å². The third kappa shape index (κ3) is 11.2. The molecule has 9 aromatic rings. The summed E-state index contributed by atoms with van der Waals surface area (Å²) in [6.07, 6.45) is 17.4. The van der Waals surface area contributed by atoms with Crippen LogP contribution in [0.1, 0.15) is 118 Å². The number of pyridine rings is 4. The first kappa shape index (κ1) is 57.0. The van der Waals surface area contributed by atoms with E-state index in [1.54, 1.807) is 12.1 Å². The lowest BCUT2D eigenvalue weighted by molar-refractivity contribution is -0.124. The first-order valence-corrected chi connectivity index (χ1v) is 32.1. The molecule has 17 heteroatoms. The van der Waals surface area contributed by atoms with Crippen LogP contribution in [0.3, 0.4) is 0 Å². The van der Waals surface area contributed by atoms with Crippen LogP contribution in [-0.4, -0.2) is 156 Å². The molecule has 87 heavy (non-hydrogen) atoms. The summed E-state index contributed by atoms with van der Waals surface area (Å²) in [4.78, 5) is 72.9. The second kappa shape index (κ2) is 25.5. The Morgan fingerprint density at radius 1 is 0.529 bits per heavy atom. The lowest BCUT2D eigenvalue weighted by Gasteiger charge is -2.36. The number of aryl methyl sites for hydroxylation is 3. The van der Waals surface area contributed by atoms with Crippen LogP contribution in [0, 0.1) is 0 Å². The van der Waals surface area contributed by atoms with Crippen molar-refractivity contribution in [3.63, 3.8) is 0 Å². The average molecular weight is 1170 g/mol. The predicted molar refractivity (Wildman–Crippen MR) is 342 cm³/mol. The number of imide groups is 1. The number of carbonyl (C=O) groups is 3. The molecule has 0 unspecified atom stereocenters. The summed E-state index contributed by atoms with van der Waals surface area (Å²) in [5, 5.41) is 11.3. The van der Waals surface area contributed by atoms with Crippen molar-refractivity contribution in [1.29, 1.82) is 0 Å². The summed E-state index contributed by atoms with van der Waals surface area (Å²) < 4.78 is 4.89. The van der Waals surface area contributed by atoms with Gasteiger partial charge in [-0.3, -0.25) is 53.9 Å². The standard InChI is InChI=1S/C70H80N14O3/c71-27-9-39-82-59-20-4-3-15-50(59)53-25-29-73-57(67(53)82)45-81(38-11-36-79-44-34-75-63(85)47-79)62-23-7-19-52-49(24-31-77-66(52)62)51-18-6-21-60-64(51)56-26-30-74-58(68(56)83(60)40-12-41-84-69(86)54-16-1-2-17-55(54)70(84)87)46-80(37-10-35-78-42-32-72-33-43-78)61-22-5-13-48-14-8-28-76-65(48)61/h1-4,6,8,14-18,20-21,24-26,28-31,61-62,72H,5,7,9-13,19,22-23,27,32-47,71H2,(H,75,85)/t61-,62-/m0/s1. The van der Waals surface area contributed by atoms with Crippen LogP contribution in [0.2, 0.25) is 0 Å². The van der Waals surface area contributed by atoms with Crippen molar-refractivity contribution in [2.24, 2.45) is 5.73 Å². The maximum atomic E-state index is 13.8. The minimum atomic E-state index is -0.227. The van der Waals surface area contributed by atoms with Crippen LogP contribution < -0.4 is 16.4 Å². The second-order valence-electron chi connectivity index (χ2n) is 24.6. The minimum Gasteiger partial charge on any atom is -0.354 e. The number of nitrogens with one attached hydrogen (secondary N) is 2. The summed E-state index contributed by atoms with van der Waals surface area (Å²) in [6, 6.07) is 33.8. The van der Waals surface area contributed by atoms with Crippen molar-refractivity contribution >= 4 is 61.3 Å². The summed E-state index contributed by atoms with van der Waals surface area (Å²) in [6.45, 7) is 13.3. The van der Waals surface area contributed by atoms with E-state index in [9.17, 15) is 14.4 Å². The Kier molecular flexibility index (Phi) is 16.7. The van der Waals surface area contributed by atoms with Gasteiger partial charge < -0.3 is 30.4 Å². The van der Waals surface area contributed by atoms with E-state index >= 15 is 0 Å². The predicted octanol–water partition coefficient (Wildman–Crippen LogP) is 9.06. The molecule has 14 rings (SSSR count). The monoisotopic (exact) mass is 1160 g/mol. The molecule has 2 fully saturated rings. The van der Waals surface area contributed by atoms with Crippen LogP contribution in [0.5, 0.6) is 0 Å². The van der Waals surface area contributed by atoms with Crippen LogP contribution >= 0.6 is 0 Å². The Morgan fingerprint density at radius 2 is 1.16 bits per heavy atom. The van der Waals surface area contributed by atoms with Crippen molar-refractivity contribution in [2.75, 3.05) is 85.1 Å². The van der Waals surface area contributed by atoms with Gasteiger partial charge >= 0.3 is 0 Å². The lowest BCUT2D eigenvalue weighted by atomic mass is 9.85. The molecule has 5 aliphatic rings. The normalized spacial score (nSPS) is 18.4. The Labute approximate surface area is 508 Å². The fourth-order valence-electron chi connectivity index (χ4n) is 15.3. The van der Waals surface area contributed by atoms with Crippen molar-refractivity contribution < 1.29 is 14.4 Å². The number of piperazine rings is 2. The zero-order valence-electron chi connectivity index (χ0n) is 50.0. The average Bonchev–Trinajstić information content (AvgIpc) is 1.71. The zero-order valence-corrected chi connectivity index (χ0v) is 50.0. The zero-order chi connectivity index (χ0) is 58.8. The molecule has 4 N–H and O–H groups in total. The van der Waals surface area contributed by atoms with Gasteiger partial charge in [0.2, 0.25) is 5.91 Å². The van der Waals surface area contributed by atoms with Crippen LogP contribution in [0.4, 0.5) is 0 Å². The van der Waals surface area contributed by atoms with Gasteiger partial charge in [-0.15, -0.1) is 0 Å². The molecule has 0 bridgehead atoms. The first-order chi connectivity index (χ1) is 42.9. The fourth-order valence-corrected chi connectivity index (χ4v) is 15.3. The number of benzene rings is 3. The van der Waals surface area contributed by atoms with Gasteiger partial charge in [0.15, 0.2) is 0 Å². The number of hydrogen-bond donors (Lipinski definition) is 3. The second-order valence-corrected chi connectivity index (χ2v) is 24.6. The van der Waals surface area contributed by atoms with Gasteiger partial charge in [0.05, 0.1) is 63.6 Å². The van der Waals surface area contributed by atoms with E-state index in [0.29, 0.717) is 63.4 Å². The largest absolute Gasteiger partial charge is 0.354 e. The highest BCUT2D eigenvalue weighted by Crippen LogP contribution is 2.45. The minimum absolute atomic E-state index is 0.0211. The van der Waals surface area contributed by atoms with Crippen LogP contribution in [0.15, 0.2) is 122 Å². The summed E-state index contributed by atoms with van der Waals surface area (Å²) in [5.41, 5.74) is 21.1. The molecule has 17 nitrogen and oxygen atoms in total. The molecule has 2 atom stereocenters. The molecule has 2 aliphatic carbocycles. The number of carbonyl (C=O) groups excluding carboxylic acids is 3. The highest BCUT2D eigenvalue weighted by Gasteiger charge is 2.36. The molecule has 3 aliphatic heterocycles. The number of nitrogens with two attached hydrogens (primary N) is 1. The van der Waals surface area contributed by atoms with Crippen LogP contribution in [-0.2, 0) is 43.8 Å². The molecule has 0 radical (unpaired) electrons. The topological polar surface area (TPSA) is 179 Å². The first-order valence-electron chi connectivity index (χ1n) is 32.1. The maximum Gasteiger partial charge on any atom is 0.261 e. The number of para-hydroxylation sites is 1. The number of aromatic nitrogens is 6. The van der Waals surface area contributed by atoms with Crippen LogP contribution in [0.25, 0.3) is 54.7 Å². The highest BCUT2D eigenvalue weighted by molar-refractivity contribution is 6.21. The molecule has 9 heterocycles. The Bertz CT molecular complexity index is 3980. The van der Waals surface area contributed by atoms with Crippen molar-refractivity contribution in [3.05, 3.63) is 167 Å². The molecule has 0 saturated carbocycles. The number of rotatable bonds is 22. The smallest absolute Gasteiger partial charge is 0.261 e. The van der Waals surface area contributed by atoms with Crippen molar-refractivity contribution in [2.45, 2.75) is 102 Å². The van der Waals surface area contributed by atoms with E-state index in [1.165, 1.54) is 54.5 Å². The lowest BCUT2D eigenvalue weighted by Crippen LogP contribution is -2.48. The summed E-state index contributed by atoms with van der Waals surface area (Å²) in [5.74, 6) is -0.365. The summed E-state index contributed by atoms with van der Waals surface area (Å²) in [7, 11) is 0. The van der Waals surface area contributed by atoms with E-state index in [1.807, 2.05) is 36.9 Å². The number of hydrogen-bond acceptors (Lipinski definition) is 13. The molecular weight excluding hydrogens is 1080 g/mol. The SMILES string of the molecule is NCCCn1c2ccccc2c2ccnc(CN(CCCN3CCNC(=O)C3)[C@H]3CCCc4c(-c5cccc6c5c5ccnc(CN(CCCN7CCNCC7)[C@H]7CCCc8cccnc87)c5n6CCCN5C(=O)c6ccccc6C5=O)ccnc43)c21. The fraction of sp³-hybridized carbons (Fsp3) is 0.414. The van der Waals surface area contributed by atoms with Gasteiger partial charge in [-0.2, -0.15) is 0 Å². The van der Waals surface area contributed by atoms with Gasteiger partial charge in [-0.05, 0) is 155 Å². The quantitative estimate of drug-likeness (QED) is 0.0548. The van der Waals surface area contributed by atoms with Gasteiger partial charge in [0, 0.05) is 142 Å². The Balaban J connectivity index is 0.857. The molecule has 2 saturated heterocycles. The van der Waals surface area contributed by atoms with E-state index in [-0.39, 0.29) is 29.8 Å². The van der Waals surface area contributed by atoms with Crippen molar-refractivity contribution in [1.82, 2.24) is 64.2 Å². The number of amides is 3. The third-order valence-corrected chi connectivity index (χ3v) is 19.4. The molecule has 6 aromatic heterocycles. The van der Waals surface area contributed by atoms with Gasteiger partial charge in [-0.25, -0.2) is 0 Å². The highest BCUT2D eigenvalue weighted by atomic mass is 16.2. The number of fused-ring (bicyclic) bond motifs is 9.